The summed E-state index contributed by atoms with van der Waals surface area (Å²) < 4.78 is 0. The zero-order valence-electron chi connectivity index (χ0n) is 8.47. The molecule has 0 spiro atoms. The summed E-state index contributed by atoms with van der Waals surface area (Å²) in [6, 6.07) is 0. The molecule has 1 N–H and O–H groups in total. The Hall–Kier alpha value is -0.0400. The largest absolute Gasteiger partial charge is 0.390 e. The van der Waals surface area contributed by atoms with E-state index in [1.807, 2.05) is 0 Å². The van der Waals surface area contributed by atoms with Crippen LogP contribution in [0.15, 0.2) is 0 Å². The van der Waals surface area contributed by atoms with Crippen molar-refractivity contribution in [2.75, 3.05) is 0 Å². The van der Waals surface area contributed by atoms with Gasteiger partial charge >= 0.3 is 0 Å². The van der Waals surface area contributed by atoms with Gasteiger partial charge in [0.2, 0.25) is 0 Å². The van der Waals surface area contributed by atoms with E-state index < -0.39 is 0 Å². The number of hydrogen-bond donors (Lipinski definition) is 1. The molecule has 0 amide bonds. The molecule has 0 heterocycles. The fourth-order valence-electron chi connectivity index (χ4n) is 2.12. The molecule has 0 aromatic heterocycles. The highest BCUT2D eigenvalue weighted by Gasteiger charge is 2.33. The average Bonchev–Trinajstić information content (AvgIpc) is 2.72. The minimum absolute atomic E-state index is 0.315. The monoisotopic (exact) mass is 170 g/mol. The molecule has 1 heteroatoms. The van der Waals surface area contributed by atoms with Crippen LogP contribution in [0.2, 0.25) is 0 Å². The lowest BCUT2D eigenvalue weighted by Crippen LogP contribution is -2.28. The maximum atomic E-state index is 10.2. The van der Waals surface area contributed by atoms with Crippen LogP contribution in [0, 0.1) is 5.92 Å². The van der Waals surface area contributed by atoms with Gasteiger partial charge in [-0.05, 0) is 25.2 Å². The van der Waals surface area contributed by atoms with E-state index in [4.69, 9.17) is 0 Å². The first-order valence-corrected chi connectivity index (χ1v) is 5.42. The van der Waals surface area contributed by atoms with E-state index in [1.165, 1.54) is 12.8 Å². The maximum absolute atomic E-state index is 10.2. The maximum Gasteiger partial charge on any atom is 0.0650 e. The normalized spacial score (nSPS) is 18.2. The van der Waals surface area contributed by atoms with Crippen molar-refractivity contribution in [2.24, 2.45) is 5.92 Å². The fraction of sp³-hybridized carbons (Fsp3) is 1.00. The van der Waals surface area contributed by atoms with Gasteiger partial charge in [-0.1, -0.05) is 39.5 Å². The van der Waals surface area contributed by atoms with Crippen LogP contribution in [-0.4, -0.2) is 10.7 Å². The van der Waals surface area contributed by atoms with Crippen molar-refractivity contribution in [3.05, 3.63) is 0 Å². The Labute approximate surface area is 76.2 Å². The van der Waals surface area contributed by atoms with Crippen LogP contribution in [0.1, 0.15) is 58.8 Å². The van der Waals surface area contributed by atoms with Crippen LogP contribution in [0.5, 0.6) is 0 Å². The Morgan fingerprint density at radius 1 is 1.17 bits per heavy atom. The van der Waals surface area contributed by atoms with Crippen molar-refractivity contribution in [1.29, 1.82) is 0 Å². The van der Waals surface area contributed by atoms with Crippen LogP contribution in [0.4, 0.5) is 0 Å². The van der Waals surface area contributed by atoms with Crippen molar-refractivity contribution in [2.45, 2.75) is 64.4 Å². The highest BCUT2D eigenvalue weighted by Crippen LogP contribution is 2.39. The van der Waals surface area contributed by atoms with E-state index in [9.17, 15) is 5.11 Å². The van der Waals surface area contributed by atoms with Gasteiger partial charge in [0.05, 0.1) is 5.60 Å². The molecular weight excluding hydrogens is 148 g/mol. The van der Waals surface area contributed by atoms with Crippen LogP contribution < -0.4 is 0 Å². The standard InChI is InChI=1S/C11H22O/c1-3-7-11(12,8-4-2)9-10-5-6-10/h10,12H,3-9H2,1-2H3. The third-order valence-corrected chi connectivity index (χ3v) is 2.80. The Morgan fingerprint density at radius 2 is 1.67 bits per heavy atom. The summed E-state index contributed by atoms with van der Waals surface area (Å²) >= 11 is 0. The first kappa shape index (κ1) is 10.0. The lowest BCUT2D eigenvalue weighted by molar-refractivity contribution is 0.00774. The zero-order chi connectivity index (χ0) is 9.03. The summed E-state index contributed by atoms with van der Waals surface area (Å²) in [5, 5.41) is 10.2. The van der Waals surface area contributed by atoms with E-state index in [2.05, 4.69) is 13.8 Å². The molecule has 72 valence electrons. The molecule has 1 saturated carbocycles. The van der Waals surface area contributed by atoms with Gasteiger partial charge in [-0.25, -0.2) is 0 Å². The molecule has 1 aliphatic rings. The second-order valence-electron chi connectivity index (χ2n) is 4.37. The van der Waals surface area contributed by atoms with Crippen LogP contribution in [0.3, 0.4) is 0 Å². The van der Waals surface area contributed by atoms with E-state index in [1.54, 1.807) is 0 Å². The summed E-state index contributed by atoms with van der Waals surface area (Å²) in [5.74, 6) is 0.855. The molecule has 0 bridgehead atoms. The molecule has 0 aromatic rings. The predicted molar refractivity (Wildman–Crippen MR) is 52.1 cm³/mol. The summed E-state index contributed by atoms with van der Waals surface area (Å²) in [7, 11) is 0. The third-order valence-electron chi connectivity index (χ3n) is 2.80. The Kier molecular flexibility index (Phi) is 3.57. The zero-order valence-corrected chi connectivity index (χ0v) is 8.47. The number of hydrogen-bond acceptors (Lipinski definition) is 1. The van der Waals surface area contributed by atoms with Gasteiger partial charge in [0.15, 0.2) is 0 Å². The molecule has 0 aliphatic heterocycles. The van der Waals surface area contributed by atoms with Gasteiger partial charge in [-0.2, -0.15) is 0 Å². The van der Waals surface area contributed by atoms with E-state index in [-0.39, 0.29) is 5.60 Å². The predicted octanol–water partition coefficient (Wildman–Crippen LogP) is 3.12. The van der Waals surface area contributed by atoms with Gasteiger partial charge in [0.25, 0.3) is 0 Å². The van der Waals surface area contributed by atoms with Crippen LogP contribution >= 0.6 is 0 Å². The molecule has 1 nitrogen and oxygen atoms in total. The first-order valence-electron chi connectivity index (χ1n) is 5.42. The Balaban J connectivity index is 2.32. The molecular formula is C11H22O. The van der Waals surface area contributed by atoms with Gasteiger partial charge in [0, 0.05) is 0 Å². The highest BCUT2D eigenvalue weighted by atomic mass is 16.3. The smallest absolute Gasteiger partial charge is 0.0650 e. The Bertz CT molecular complexity index is 121. The molecule has 0 unspecified atom stereocenters. The molecule has 1 rings (SSSR count). The fourth-order valence-corrected chi connectivity index (χ4v) is 2.12. The van der Waals surface area contributed by atoms with E-state index in [0.717, 1.165) is 38.0 Å². The summed E-state index contributed by atoms with van der Waals surface area (Å²) in [6.07, 6.45) is 8.00. The average molecular weight is 170 g/mol. The number of aliphatic hydroxyl groups is 1. The lowest BCUT2D eigenvalue weighted by atomic mass is 9.87. The molecule has 1 aliphatic carbocycles. The SMILES string of the molecule is CCCC(O)(CCC)CC1CC1. The lowest BCUT2D eigenvalue weighted by Gasteiger charge is -2.27. The van der Waals surface area contributed by atoms with Gasteiger partial charge in [-0.15, -0.1) is 0 Å². The minimum atomic E-state index is -0.315. The summed E-state index contributed by atoms with van der Waals surface area (Å²) in [5.41, 5.74) is -0.315. The molecule has 0 aromatic carbocycles. The number of rotatable bonds is 6. The van der Waals surface area contributed by atoms with Crippen molar-refractivity contribution in [3.8, 4) is 0 Å². The molecule has 0 atom stereocenters. The minimum Gasteiger partial charge on any atom is -0.390 e. The Morgan fingerprint density at radius 3 is 2.00 bits per heavy atom. The third kappa shape index (κ3) is 3.14. The van der Waals surface area contributed by atoms with Gasteiger partial charge in [0.1, 0.15) is 0 Å². The summed E-state index contributed by atoms with van der Waals surface area (Å²) in [4.78, 5) is 0. The van der Waals surface area contributed by atoms with Crippen molar-refractivity contribution in [3.63, 3.8) is 0 Å². The van der Waals surface area contributed by atoms with E-state index >= 15 is 0 Å². The molecule has 1 fully saturated rings. The molecule has 0 radical (unpaired) electrons. The molecule has 0 saturated heterocycles. The van der Waals surface area contributed by atoms with Crippen molar-refractivity contribution < 1.29 is 5.11 Å². The summed E-state index contributed by atoms with van der Waals surface area (Å²) in [6.45, 7) is 4.32. The second-order valence-corrected chi connectivity index (χ2v) is 4.37. The topological polar surface area (TPSA) is 20.2 Å². The van der Waals surface area contributed by atoms with Crippen molar-refractivity contribution >= 4 is 0 Å². The van der Waals surface area contributed by atoms with Crippen LogP contribution in [0.25, 0.3) is 0 Å². The quantitative estimate of drug-likeness (QED) is 0.649. The van der Waals surface area contributed by atoms with Crippen molar-refractivity contribution in [1.82, 2.24) is 0 Å². The molecule has 12 heavy (non-hydrogen) atoms. The van der Waals surface area contributed by atoms with Gasteiger partial charge < -0.3 is 5.11 Å². The van der Waals surface area contributed by atoms with Crippen LogP contribution in [-0.2, 0) is 0 Å². The highest BCUT2D eigenvalue weighted by molar-refractivity contribution is 4.86. The van der Waals surface area contributed by atoms with E-state index in [0.29, 0.717) is 0 Å². The first-order chi connectivity index (χ1) is 5.70. The van der Waals surface area contributed by atoms with Gasteiger partial charge in [-0.3, -0.25) is 0 Å². The second kappa shape index (κ2) is 4.27.